The molecule has 21 heavy (non-hydrogen) atoms. The molecule has 0 radical (unpaired) electrons. The Balaban J connectivity index is 1.91. The van der Waals surface area contributed by atoms with E-state index in [1.54, 1.807) is 6.20 Å². The number of aromatic nitrogens is 3. The average Bonchev–Trinajstić information content (AvgIpc) is 3.01. The summed E-state index contributed by atoms with van der Waals surface area (Å²) in [5.74, 6) is 1.60. The lowest BCUT2D eigenvalue weighted by Crippen LogP contribution is -2.29. The monoisotopic (exact) mass is 290 g/mol. The van der Waals surface area contributed by atoms with Crippen molar-refractivity contribution in [2.24, 2.45) is 0 Å². The summed E-state index contributed by atoms with van der Waals surface area (Å²) in [6.45, 7) is 7.73. The van der Waals surface area contributed by atoms with Gasteiger partial charge in [-0.25, -0.2) is 4.98 Å². The fourth-order valence-electron chi connectivity index (χ4n) is 2.34. The molecule has 114 valence electrons. The quantitative estimate of drug-likeness (QED) is 0.856. The summed E-state index contributed by atoms with van der Waals surface area (Å²) in [6, 6.07) is -0.0733. The molecule has 0 unspecified atom stereocenters. The van der Waals surface area contributed by atoms with E-state index in [0.717, 1.165) is 35.0 Å². The van der Waals surface area contributed by atoms with Gasteiger partial charge < -0.3 is 14.8 Å². The second kappa shape index (κ2) is 6.56. The largest absolute Gasteiger partial charge is 0.361 e. The van der Waals surface area contributed by atoms with Gasteiger partial charge in [0.2, 0.25) is 5.91 Å². The van der Waals surface area contributed by atoms with Gasteiger partial charge in [0.1, 0.15) is 11.6 Å². The van der Waals surface area contributed by atoms with Crippen molar-refractivity contribution in [2.45, 2.75) is 53.0 Å². The number of carbonyl (C=O) groups is 1. The van der Waals surface area contributed by atoms with Crippen LogP contribution in [0.4, 0.5) is 0 Å². The topological polar surface area (TPSA) is 83.8 Å². The Kier molecular flexibility index (Phi) is 4.77. The van der Waals surface area contributed by atoms with E-state index in [-0.39, 0.29) is 11.9 Å². The summed E-state index contributed by atoms with van der Waals surface area (Å²) in [5.41, 5.74) is 2.87. The van der Waals surface area contributed by atoms with Crippen LogP contribution in [0.2, 0.25) is 0 Å². The third-order valence-corrected chi connectivity index (χ3v) is 3.58. The third kappa shape index (κ3) is 3.71. The molecule has 0 aliphatic heterocycles. The molecule has 1 atom stereocenters. The molecule has 2 aromatic rings. The average molecular weight is 290 g/mol. The number of carbonyl (C=O) groups excluding carboxylic acids is 1. The molecule has 0 aliphatic carbocycles. The molecular weight excluding hydrogens is 268 g/mol. The molecule has 0 aromatic carbocycles. The van der Waals surface area contributed by atoms with Crippen LogP contribution < -0.4 is 5.32 Å². The predicted octanol–water partition coefficient (Wildman–Crippen LogP) is 2.52. The molecule has 0 saturated carbocycles. The zero-order valence-electron chi connectivity index (χ0n) is 13.0. The Bertz CT molecular complexity index is 595. The first-order chi connectivity index (χ1) is 10.0. The molecule has 2 rings (SSSR count). The fraction of sp³-hybridized carbons (Fsp3) is 0.533. The molecular formula is C15H22N4O2. The number of H-pyrrole nitrogens is 1. The number of imidazole rings is 1. The first-order valence-electron chi connectivity index (χ1n) is 7.23. The van der Waals surface area contributed by atoms with Crippen LogP contribution in [0.15, 0.2) is 10.7 Å². The Morgan fingerprint density at radius 1 is 1.43 bits per heavy atom. The molecule has 0 bridgehead atoms. The van der Waals surface area contributed by atoms with E-state index in [0.29, 0.717) is 12.8 Å². The highest BCUT2D eigenvalue weighted by atomic mass is 16.5. The van der Waals surface area contributed by atoms with E-state index >= 15 is 0 Å². The normalized spacial score (nSPS) is 12.4. The van der Waals surface area contributed by atoms with Crippen molar-refractivity contribution in [1.29, 1.82) is 0 Å². The van der Waals surface area contributed by atoms with Crippen LogP contribution in [0.5, 0.6) is 0 Å². The van der Waals surface area contributed by atoms with Gasteiger partial charge in [0.25, 0.3) is 0 Å². The molecule has 6 heteroatoms. The van der Waals surface area contributed by atoms with Crippen molar-refractivity contribution in [1.82, 2.24) is 20.4 Å². The standard InChI is InChI=1S/C15H22N4O2/c1-5-13(15-16-8-9(2)17-15)18-14(20)7-6-12-10(3)19-21-11(12)4/h8,13H,5-7H2,1-4H3,(H,16,17)(H,18,20)/t13-/m0/s1. The van der Waals surface area contributed by atoms with Crippen molar-refractivity contribution < 1.29 is 9.32 Å². The maximum Gasteiger partial charge on any atom is 0.220 e. The Morgan fingerprint density at radius 2 is 2.19 bits per heavy atom. The molecule has 0 fully saturated rings. The second-order valence-electron chi connectivity index (χ2n) is 5.28. The van der Waals surface area contributed by atoms with Crippen LogP contribution in [0.25, 0.3) is 0 Å². The van der Waals surface area contributed by atoms with Crippen molar-refractivity contribution in [3.05, 3.63) is 34.7 Å². The lowest BCUT2D eigenvalue weighted by atomic mass is 10.1. The third-order valence-electron chi connectivity index (χ3n) is 3.58. The number of rotatable bonds is 6. The fourth-order valence-corrected chi connectivity index (χ4v) is 2.34. The Hall–Kier alpha value is -2.11. The maximum absolute atomic E-state index is 12.1. The Labute approximate surface area is 124 Å². The van der Waals surface area contributed by atoms with Crippen LogP contribution in [-0.4, -0.2) is 21.0 Å². The highest BCUT2D eigenvalue weighted by molar-refractivity contribution is 5.76. The van der Waals surface area contributed by atoms with Crippen molar-refractivity contribution in [2.75, 3.05) is 0 Å². The molecule has 0 saturated heterocycles. The van der Waals surface area contributed by atoms with Crippen LogP contribution in [0.1, 0.15) is 54.3 Å². The zero-order valence-corrected chi connectivity index (χ0v) is 13.0. The number of nitrogens with zero attached hydrogens (tertiary/aromatic N) is 2. The number of aromatic amines is 1. The van der Waals surface area contributed by atoms with E-state index in [4.69, 9.17) is 4.52 Å². The van der Waals surface area contributed by atoms with Gasteiger partial charge in [-0.1, -0.05) is 12.1 Å². The molecule has 6 nitrogen and oxygen atoms in total. The van der Waals surface area contributed by atoms with Gasteiger partial charge in [-0.15, -0.1) is 0 Å². The maximum atomic E-state index is 12.1. The van der Waals surface area contributed by atoms with Gasteiger partial charge in [0.05, 0.1) is 11.7 Å². The lowest BCUT2D eigenvalue weighted by molar-refractivity contribution is -0.121. The minimum absolute atomic E-state index is 0.0101. The molecule has 2 heterocycles. The van der Waals surface area contributed by atoms with Crippen LogP contribution >= 0.6 is 0 Å². The van der Waals surface area contributed by atoms with Gasteiger partial charge in [-0.2, -0.15) is 0 Å². The summed E-state index contributed by atoms with van der Waals surface area (Å²) in [4.78, 5) is 19.6. The first kappa shape index (κ1) is 15.3. The van der Waals surface area contributed by atoms with Crippen LogP contribution in [0.3, 0.4) is 0 Å². The van der Waals surface area contributed by atoms with Gasteiger partial charge >= 0.3 is 0 Å². The molecule has 0 spiro atoms. The summed E-state index contributed by atoms with van der Waals surface area (Å²) in [5, 5.41) is 6.91. The van der Waals surface area contributed by atoms with Crippen molar-refractivity contribution >= 4 is 5.91 Å². The second-order valence-corrected chi connectivity index (χ2v) is 5.28. The highest BCUT2D eigenvalue weighted by Gasteiger charge is 2.16. The summed E-state index contributed by atoms with van der Waals surface area (Å²) >= 11 is 0. The number of aryl methyl sites for hydroxylation is 3. The van der Waals surface area contributed by atoms with E-state index in [1.807, 2.05) is 27.7 Å². The minimum Gasteiger partial charge on any atom is -0.361 e. The summed E-state index contributed by atoms with van der Waals surface area (Å²) in [6.07, 6.45) is 3.62. The molecule has 0 aliphatic rings. The number of hydrogen-bond donors (Lipinski definition) is 2. The lowest BCUT2D eigenvalue weighted by Gasteiger charge is -2.14. The Morgan fingerprint density at radius 3 is 2.71 bits per heavy atom. The highest BCUT2D eigenvalue weighted by Crippen LogP contribution is 2.16. The van der Waals surface area contributed by atoms with E-state index in [2.05, 4.69) is 20.4 Å². The summed E-state index contributed by atoms with van der Waals surface area (Å²) in [7, 11) is 0. The number of nitrogens with one attached hydrogen (secondary N) is 2. The van der Waals surface area contributed by atoms with Gasteiger partial charge in [0, 0.05) is 23.9 Å². The van der Waals surface area contributed by atoms with E-state index < -0.39 is 0 Å². The molecule has 2 N–H and O–H groups in total. The molecule has 1 amide bonds. The van der Waals surface area contributed by atoms with E-state index in [9.17, 15) is 4.79 Å². The van der Waals surface area contributed by atoms with Crippen molar-refractivity contribution in [3.63, 3.8) is 0 Å². The van der Waals surface area contributed by atoms with Crippen LogP contribution in [0, 0.1) is 20.8 Å². The summed E-state index contributed by atoms with van der Waals surface area (Å²) < 4.78 is 5.11. The van der Waals surface area contributed by atoms with Gasteiger partial charge in [-0.3, -0.25) is 4.79 Å². The first-order valence-corrected chi connectivity index (χ1v) is 7.23. The number of amides is 1. The van der Waals surface area contributed by atoms with Gasteiger partial charge in [-0.05, 0) is 33.6 Å². The molecule has 2 aromatic heterocycles. The van der Waals surface area contributed by atoms with Crippen molar-refractivity contribution in [3.8, 4) is 0 Å². The smallest absolute Gasteiger partial charge is 0.220 e. The predicted molar refractivity (Wildman–Crippen MR) is 78.8 cm³/mol. The van der Waals surface area contributed by atoms with E-state index in [1.165, 1.54) is 0 Å². The number of hydrogen-bond acceptors (Lipinski definition) is 4. The SMILES string of the molecule is CC[C@H](NC(=O)CCc1c(C)noc1C)c1ncc(C)[nH]1. The minimum atomic E-state index is -0.0733. The van der Waals surface area contributed by atoms with Crippen LogP contribution in [-0.2, 0) is 11.2 Å². The zero-order chi connectivity index (χ0) is 15.4. The van der Waals surface area contributed by atoms with Gasteiger partial charge in [0.15, 0.2) is 0 Å².